The molecular weight excluding hydrogens is 420 g/mol. The number of nitrogens with zero attached hydrogens (tertiary/aromatic N) is 1. The normalized spacial score (nSPS) is 11.0. The summed E-state index contributed by atoms with van der Waals surface area (Å²) in [5.74, 6) is 2.38. The molecule has 1 N–H and O–H groups in total. The molecule has 0 spiro atoms. The van der Waals surface area contributed by atoms with Gasteiger partial charge in [-0.2, -0.15) is 0 Å². The van der Waals surface area contributed by atoms with Crippen molar-refractivity contribution in [3.05, 3.63) is 41.5 Å². The SMILES string of the molecule is CCOc1ccc(/C=C\c2cc(OC)c(OC)c(OC)c2)c(NC(=O)CCN(CC)CC)c1. The van der Waals surface area contributed by atoms with E-state index in [0.717, 1.165) is 30.8 Å². The highest BCUT2D eigenvalue weighted by atomic mass is 16.5. The number of nitrogens with one attached hydrogen (secondary N) is 1. The fourth-order valence-electron chi connectivity index (χ4n) is 3.44. The molecule has 2 rings (SSSR count). The molecule has 0 unspecified atom stereocenters. The van der Waals surface area contributed by atoms with E-state index in [9.17, 15) is 4.79 Å². The van der Waals surface area contributed by atoms with E-state index in [1.807, 2.05) is 49.4 Å². The van der Waals surface area contributed by atoms with E-state index >= 15 is 0 Å². The van der Waals surface area contributed by atoms with Crippen LogP contribution in [0, 0.1) is 0 Å². The minimum atomic E-state index is -0.0296. The maximum absolute atomic E-state index is 12.6. The van der Waals surface area contributed by atoms with Gasteiger partial charge in [0.1, 0.15) is 5.75 Å². The van der Waals surface area contributed by atoms with Crippen molar-refractivity contribution in [3.63, 3.8) is 0 Å². The largest absolute Gasteiger partial charge is 0.494 e. The summed E-state index contributed by atoms with van der Waals surface area (Å²) < 4.78 is 21.9. The van der Waals surface area contributed by atoms with Crippen LogP contribution in [0.15, 0.2) is 30.3 Å². The van der Waals surface area contributed by atoms with Crippen LogP contribution in [0.25, 0.3) is 12.2 Å². The van der Waals surface area contributed by atoms with Gasteiger partial charge in [-0.05, 0) is 55.4 Å². The first-order valence-corrected chi connectivity index (χ1v) is 11.3. The standard InChI is InChI=1S/C26H36N2O5/c1-7-28(8-2)15-14-25(29)27-22-18-21(33-9-3)13-12-20(22)11-10-19-16-23(30-4)26(32-6)24(17-19)31-5/h10-13,16-18H,7-9,14-15H2,1-6H3,(H,27,29)/b11-10-. The van der Waals surface area contributed by atoms with Gasteiger partial charge in [-0.25, -0.2) is 0 Å². The molecule has 0 fully saturated rings. The Hall–Kier alpha value is -3.19. The van der Waals surface area contributed by atoms with Gasteiger partial charge in [-0.1, -0.05) is 26.0 Å². The molecule has 0 bridgehead atoms. The van der Waals surface area contributed by atoms with Crippen molar-refractivity contribution in [2.75, 3.05) is 52.9 Å². The molecule has 0 atom stereocenters. The van der Waals surface area contributed by atoms with E-state index < -0.39 is 0 Å². The van der Waals surface area contributed by atoms with Crippen LogP contribution in [-0.2, 0) is 4.79 Å². The van der Waals surface area contributed by atoms with Crippen LogP contribution >= 0.6 is 0 Å². The predicted octanol–water partition coefficient (Wildman–Crippen LogP) is 4.95. The minimum Gasteiger partial charge on any atom is -0.494 e. The zero-order valence-electron chi connectivity index (χ0n) is 20.6. The van der Waals surface area contributed by atoms with E-state index in [2.05, 4.69) is 24.1 Å². The van der Waals surface area contributed by atoms with Gasteiger partial charge in [0.25, 0.3) is 0 Å². The summed E-state index contributed by atoms with van der Waals surface area (Å²) in [6.07, 6.45) is 4.30. The number of amides is 1. The van der Waals surface area contributed by atoms with Crippen LogP contribution in [-0.4, -0.2) is 58.4 Å². The number of benzene rings is 2. The zero-order valence-corrected chi connectivity index (χ0v) is 20.6. The van der Waals surface area contributed by atoms with Crippen LogP contribution in [0.3, 0.4) is 0 Å². The second kappa shape index (κ2) is 13.4. The Balaban J connectivity index is 2.30. The molecule has 180 valence electrons. The molecule has 0 aromatic heterocycles. The number of anilines is 1. The van der Waals surface area contributed by atoms with Gasteiger partial charge in [0.15, 0.2) is 11.5 Å². The molecule has 0 saturated carbocycles. The third-order valence-corrected chi connectivity index (χ3v) is 5.30. The van der Waals surface area contributed by atoms with Crippen LogP contribution in [0.5, 0.6) is 23.0 Å². The van der Waals surface area contributed by atoms with E-state index in [0.29, 0.717) is 41.7 Å². The second-order valence-corrected chi connectivity index (χ2v) is 7.30. The molecular formula is C26H36N2O5. The second-order valence-electron chi connectivity index (χ2n) is 7.30. The van der Waals surface area contributed by atoms with Crippen LogP contribution < -0.4 is 24.3 Å². The van der Waals surface area contributed by atoms with Gasteiger partial charge in [0.05, 0.1) is 33.6 Å². The lowest BCUT2D eigenvalue weighted by Crippen LogP contribution is -2.27. The first-order valence-electron chi connectivity index (χ1n) is 11.3. The Morgan fingerprint density at radius 1 is 0.939 bits per heavy atom. The summed E-state index contributed by atoms with van der Waals surface area (Å²) in [6.45, 7) is 9.24. The summed E-state index contributed by atoms with van der Waals surface area (Å²) >= 11 is 0. The Bertz CT molecular complexity index is 913. The average Bonchev–Trinajstić information content (AvgIpc) is 2.83. The third kappa shape index (κ3) is 7.43. The Kier molecular flexibility index (Phi) is 10.6. The summed E-state index contributed by atoms with van der Waals surface area (Å²) in [5, 5.41) is 3.05. The fourth-order valence-corrected chi connectivity index (χ4v) is 3.44. The number of rotatable bonds is 13. The van der Waals surface area contributed by atoms with Crippen LogP contribution in [0.1, 0.15) is 38.3 Å². The van der Waals surface area contributed by atoms with Gasteiger partial charge < -0.3 is 29.2 Å². The molecule has 33 heavy (non-hydrogen) atoms. The Labute approximate surface area is 197 Å². The monoisotopic (exact) mass is 456 g/mol. The maximum Gasteiger partial charge on any atom is 0.225 e. The van der Waals surface area contributed by atoms with E-state index in [1.165, 1.54) is 0 Å². The van der Waals surface area contributed by atoms with Crippen molar-refractivity contribution in [1.82, 2.24) is 4.90 Å². The molecule has 0 aliphatic rings. The smallest absolute Gasteiger partial charge is 0.225 e. The van der Waals surface area contributed by atoms with E-state index in [4.69, 9.17) is 18.9 Å². The molecule has 2 aromatic carbocycles. The summed E-state index contributed by atoms with van der Waals surface area (Å²) in [6, 6.07) is 9.42. The molecule has 0 aliphatic carbocycles. The molecule has 0 heterocycles. The highest BCUT2D eigenvalue weighted by molar-refractivity contribution is 5.94. The van der Waals surface area contributed by atoms with Gasteiger partial charge in [-0.15, -0.1) is 0 Å². The van der Waals surface area contributed by atoms with E-state index in [1.54, 1.807) is 21.3 Å². The number of hydrogen-bond acceptors (Lipinski definition) is 6. The fraction of sp³-hybridized carbons (Fsp3) is 0.423. The van der Waals surface area contributed by atoms with Gasteiger partial charge in [-0.3, -0.25) is 4.79 Å². The lowest BCUT2D eigenvalue weighted by Gasteiger charge is -2.18. The highest BCUT2D eigenvalue weighted by Crippen LogP contribution is 2.38. The van der Waals surface area contributed by atoms with Crippen molar-refractivity contribution >= 4 is 23.7 Å². The maximum atomic E-state index is 12.6. The van der Waals surface area contributed by atoms with Crippen molar-refractivity contribution in [3.8, 4) is 23.0 Å². The highest BCUT2D eigenvalue weighted by Gasteiger charge is 2.13. The van der Waals surface area contributed by atoms with Gasteiger partial charge in [0.2, 0.25) is 11.7 Å². The van der Waals surface area contributed by atoms with Crippen LogP contribution in [0.2, 0.25) is 0 Å². The summed E-state index contributed by atoms with van der Waals surface area (Å²) in [5.41, 5.74) is 2.44. The Morgan fingerprint density at radius 3 is 2.15 bits per heavy atom. The van der Waals surface area contributed by atoms with E-state index in [-0.39, 0.29) is 5.91 Å². The van der Waals surface area contributed by atoms with Crippen molar-refractivity contribution in [2.45, 2.75) is 27.2 Å². The predicted molar refractivity (Wildman–Crippen MR) is 134 cm³/mol. The number of methoxy groups -OCH3 is 3. The Morgan fingerprint density at radius 2 is 1.61 bits per heavy atom. The molecule has 0 radical (unpaired) electrons. The van der Waals surface area contributed by atoms with Crippen molar-refractivity contribution in [2.24, 2.45) is 0 Å². The first-order chi connectivity index (χ1) is 16.0. The van der Waals surface area contributed by atoms with Gasteiger partial charge >= 0.3 is 0 Å². The number of carbonyl (C=O) groups excluding carboxylic acids is 1. The van der Waals surface area contributed by atoms with Crippen molar-refractivity contribution < 1.29 is 23.7 Å². The molecule has 7 heteroatoms. The first kappa shape index (κ1) is 26.1. The summed E-state index contributed by atoms with van der Waals surface area (Å²) in [4.78, 5) is 14.9. The zero-order chi connectivity index (χ0) is 24.2. The quantitative estimate of drug-likeness (QED) is 0.430. The molecule has 0 saturated heterocycles. The third-order valence-electron chi connectivity index (χ3n) is 5.30. The molecule has 0 aliphatic heterocycles. The summed E-state index contributed by atoms with van der Waals surface area (Å²) in [7, 11) is 4.75. The number of hydrogen-bond donors (Lipinski definition) is 1. The van der Waals surface area contributed by atoms with Gasteiger partial charge in [0, 0.05) is 19.0 Å². The number of carbonyl (C=O) groups is 1. The average molecular weight is 457 g/mol. The van der Waals surface area contributed by atoms with Crippen molar-refractivity contribution in [1.29, 1.82) is 0 Å². The topological polar surface area (TPSA) is 69.3 Å². The lowest BCUT2D eigenvalue weighted by molar-refractivity contribution is -0.116. The lowest BCUT2D eigenvalue weighted by atomic mass is 10.1. The molecule has 2 aromatic rings. The van der Waals surface area contributed by atoms with Crippen LogP contribution in [0.4, 0.5) is 5.69 Å². The molecule has 1 amide bonds. The number of ether oxygens (including phenoxy) is 4. The minimum absolute atomic E-state index is 0.0296. The molecule has 7 nitrogen and oxygen atoms in total.